The number of nitrogens with one attached hydrogen (secondary N) is 1. The van der Waals surface area contributed by atoms with Gasteiger partial charge in [0.25, 0.3) is 11.8 Å². The number of aryl methyl sites for hydroxylation is 1. The lowest BCUT2D eigenvalue weighted by molar-refractivity contribution is -0.136. The smallest absolute Gasteiger partial charge is 0.262 e. The minimum atomic E-state index is -0.964. The first-order valence-electron chi connectivity index (χ1n) is 20.3. The van der Waals surface area contributed by atoms with Gasteiger partial charge in [0.2, 0.25) is 17.7 Å². The third-order valence-electron chi connectivity index (χ3n) is 11.9. The van der Waals surface area contributed by atoms with Crippen molar-refractivity contribution in [2.24, 2.45) is 7.05 Å². The molecule has 5 aromatic rings. The molecule has 58 heavy (non-hydrogen) atoms. The highest BCUT2D eigenvalue weighted by molar-refractivity contribution is 6.23. The molecule has 6 heterocycles. The standard InChI is InChI=1S/C44H47N7O7/c1-48-37-12-13-45-27-36(37)33-7-4-28(22-39(33)48)29-5-11-41(46-26-29)58-32-24-31(25-32)57-21-3-20-56-19-2-14-49-15-17-50(18-16-49)30-6-8-34-35(23-30)44(55)51(43(34)54)38-9-10-40(52)47-42(38)53/h4-8,11-13,22-23,26-27,31-32,38H,2-3,9-10,14-21,24-25H2,1H3,(H,47,52,53)/t31-,32-,38?. The Kier molecular flexibility index (Phi) is 10.6. The van der Waals surface area contributed by atoms with Gasteiger partial charge in [-0.3, -0.25) is 39.3 Å². The SMILES string of the molecule is Cn1c2ccncc2c2ccc(-c3ccc(O[C@H]4C[C@H](OCCCOCCCN5CCN(c6ccc7c(c6)C(=O)N(C6CCC(=O)NC6=O)C7=O)CC5)C4)nc3)cc21. The van der Waals surface area contributed by atoms with Crippen LogP contribution in [-0.2, 0) is 26.1 Å². The first-order valence-corrected chi connectivity index (χ1v) is 20.3. The van der Waals surface area contributed by atoms with E-state index in [0.717, 1.165) is 91.0 Å². The number of aromatic nitrogens is 3. The molecule has 0 bridgehead atoms. The number of piperidine rings is 1. The normalized spacial score (nSPS) is 21.2. The van der Waals surface area contributed by atoms with Gasteiger partial charge in [0.1, 0.15) is 12.1 Å². The molecule has 3 fully saturated rings. The fraction of sp³-hybridized carbons (Fsp3) is 0.409. The number of amides is 4. The van der Waals surface area contributed by atoms with E-state index < -0.39 is 23.8 Å². The molecule has 4 amide bonds. The Balaban J connectivity index is 0.629. The molecule has 1 unspecified atom stereocenters. The average Bonchev–Trinajstić information content (AvgIpc) is 3.65. The van der Waals surface area contributed by atoms with Crippen LogP contribution in [0.5, 0.6) is 5.88 Å². The molecule has 2 aromatic carbocycles. The largest absolute Gasteiger partial charge is 0.474 e. The lowest BCUT2D eigenvalue weighted by Crippen LogP contribution is -2.54. The van der Waals surface area contributed by atoms with Crippen LogP contribution in [-0.4, -0.2) is 119 Å². The average molecular weight is 786 g/mol. The van der Waals surface area contributed by atoms with E-state index >= 15 is 0 Å². The monoisotopic (exact) mass is 785 g/mol. The highest BCUT2D eigenvalue weighted by Crippen LogP contribution is 2.34. The van der Waals surface area contributed by atoms with Crippen LogP contribution >= 0.6 is 0 Å². The van der Waals surface area contributed by atoms with Crippen LogP contribution in [0.4, 0.5) is 5.69 Å². The molecular formula is C44H47N7O7. The first kappa shape index (κ1) is 37.9. The molecule has 300 valence electrons. The zero-order valence-electron chi connectivity index (χ0n) is 32.6. The van der Waals surface area contributed by atoms with Crippen molar-refractivity contribution in [3.05, 3.63) is 84.3 Å². The van der Waals surface area contributed by atoms with Gasteiger partial charge in [-0.15, -0.1) is 0 Å². The fourth-order valence-electron chi connectivity index (χ4n) is 8.56. The highest BCUT2D eigenvalue weighted by atomic mass is 16.5. The van der Waals surface area contributed by atoms with Crippen LogP contribution in [0, 0.1) is 0 Å². The summed E-state index contributed by atoms with van der Waals surface area (Å²) in [6, 6.07) is 16.9. The predicted octanol–water partition coefficient (Wildman–Crippen LogP) is 4.74. The maximum atomic E-state index is 13.2. The molecule has 1 aliphatic carbocycles. The van der Waals surface area contributed by atoms with Gasteiger partial charge in [-0.25, -0.2) is 4.98 Å². The topological polar surface area (TPSA) is 148 Å². The van der Waals surface area contributed by atoms with Crippen molar-refractivity contribution in [3.8, 4) is 17.0 Å². The van der Waals surface area contributed by atoms with Crippen molar-refractivity contribution < 1.29 is 33.4 Å². The van der Waals surface area contributed by atoms with Gasteiger partial charge in [0.15, 0.2) is 0 Å². The second kappa shape index (κ2) is 16.3. The van der Waals surface area contributed by atoms with Crippen molar-refractivity contribution in [2.75, 3.05) is 57.4 Å². The molecule has 2 saturated heterocycles. The maximum Gasteiger partial charge on any atom is 0.262 e. The Morgan fingerprint density at radius 1 is 0.776 bits per heavy atom. The van der Waals surface area contributed by atoms with E-state index in [2.05, 4.69) is 61.0 Å². The molecule has 0 radical (unpaired) electrons. The number of anilines is 1. The van der Waals surface area contributed by atoms with Crippen LogP contribution in [0.2, 0.25) is 0 Å². The number of ether oxygens (including phenoxy) is 3. The summed E-state index contributed by atoms with van der Waals surface area (Å²) >= 11 is 0. The summed E-state index contributed by atoms with van der Waals surface area (Å²) in [5.74, 6) is -1.32. The zero-order valence-corrected chi connectivity index (χ0v) is 32.6. The van der Waals surface area contributed by atoms with Crippen LogP contribution in [0.15, 0.2) is 73.2 Å². The van der Waals surface area contributed by atoms with Crippen molar-refractivity contribution in [3.63, 3.8) is 0 Å². The summed E-state index contributed by atoms with van der Waals surface area (Å²) < 4.78 is 20.3. The lowest BCUT2D eigenvalue weighted by atomic mass is 9.92. The summed E-state index contributed by atoms with van der Waals surface area (Å²) in [6.45, 7) is 6.35. The van der Waals surface area contributed by atoms with Gasteiger partial charge in [0, 0.05) is 131 Å². The van der Waals surface area contributed by atoms with E-state index in [9.17, 15) is 19.2 Å². The summed E-state index contributed by atoms with van der Waals surface area (Å²) in [7, 11) is 2.09. The number of piperazine rings is 1. The van der Waals surface area contributed by atoms with Gasteiger partial charge in [-0.1, -0.05) is 12.1 Å². The maximum absolute atomic E-state index is 13.2. The van der Waals surface area contributed by atoms with Crippen molar-refractivity contribution in [2.45, 2.75) is 56.8 Å². The van der Waals surface area contributed by atoms with Crippen LogP contribution in [0.1, 0.15) is 59.2 Å². The summed E-state index contributed by atoms with van der Waals surface area (Å²) in [5.41, 5.74) is 5.98. The molecule has 1 saturated carbocycles. The summed E-state index contributed by atoms with van der Waals surface area (Å²) in [6.07, 6.45) is 9.71. The second-order valence-corrected chi connectivity index (χ2v) is 15.6. The molecular weight excluding hydrogens is 739 g/mol. The van der Waals surface area contributed by atoms with E-state index in [0.29, 0.717) is 36.8 Å². The van der Waals surface area contributed by atoms with Gasteiger partial charge in [-0.2, -0.15) is 0 Å². The number of hydrogen-bond donors (Lipinski definition) is 1. The van der Waals surface area contributed by atoms with Crippen molar-refractivity contribution in [1.29, 1.82) is 0 Å². The van der Waals surface area contributed by atoms with Gasteiger partial charge in [0.05, 0.1) is 22.7 Å². The molecule has 14 heteroatoms. The molecule has 1 N–H and O–H groups in total. The number of carbonyl (C=O) groups is 4. The Bertz CT molecular complexity index is 2370. The second-order valence-electron chi connectivity index (χ2n) is 15.6. The highest BCUT2D eigenvalue weighted by Gasteiger charge is 2.45. The van der Waals surface area contributed by atoms with E-state index in [1.165, 1.54) is 10.9 Å². The van der Waals surface area contributed by atoms with Crippen LogP contribution in [0.3, 0.4) is 0 Å². The molecule has 0 spiro atoms. The Morgan fingerprint density at radius 3 is 2.40 bits per heavy atom. The van der Waals surface area contributed by atoms with Gasteiger partial charge < -0.3 is 23.7 Å². The molecule has 9 rings (SSSR count). The van der Waals surface area contributed by atoms with Crippen molar-refractivity contribution >= 4 is 51.1 Å². The van der Waals surface area contributed by atoms with Crippen LogP contribution < -0.4 is 15.0 Å². The molecule has 3 aliphatic heterocycles. The quantitative estimate of drug-likeness (QED) is 0.123. The number of imide groups is 2. The molecule has 14 nitrogen and oxygen atoms in total. The number of carbonyl (C=O) groups excluding carboxylic acids is 4. The number of benzene rings is 2. The predicted molar refractivity (Wildman–Crippen MR) is 217 cm³/mol. The van der Waals surface area contributed by atoms with E-state index in [4.69, 9.17) is 14.2 Å². The molecule has 3 aromatic heterocycles. The summed E-state index contributed by atoms with van der Waals surface area (Å²) in [5, 5.41) is 4.59. The third kappa shape index (κ3) is 7.54. The zero-order chi connectivity index (χ0) is 39.8. The first-order chi connectivity index (χ1) is 28.3. The fourth-order valence-corrected chi connectivity index (χ4v) is 8.56. The van der Waals surface area contributed by atoms with Gasteiger partial charge >= 0.3 is 0 Å². The Labute approximate surface area is 336 Å². The minimum Gasteiger partial charge on any atom is -0.474 e. The number of rotatable bonds is 14. The summed E-state index contributed by atoms with van der Waals surface area (Å²) in [4.78, 5) is 64.8. The third-order valence-corrected chi connectivity index (χ3v) is 11.9. The Hall–Kier alpha value is -5.70. The molecule has 4 aliphatic rings. The van der Waals surface area contributed by atoms with Crippen molar-refractivity contribution in [1.82, 2.24) is 29.7 Å². The van der Waals surface area contributed by atoms with E-state index in [-0.39, 0.29) is 31.0 Å². The van der Waals surface area contributed by atoms with E-state index in [1.54, 1.807) is 12.1 Å². The van der Waals surface area contributed by atoms with Crippen LogP contribution in [0.25, 0.3) is 32.9 Å². The number of pyridine rings is 2. The Morgan fingerprint density at radius 2 is 1.59 bits per heavy atom. The van der Waals surface area contributed by atoms with E-state index in [1.807, 2.05) is 36.8 Å². The lowest BCUT2D eigenvalue weighted by Gasteiger charge is -2.36. The number of fused-ring (bicyclic) bond motifs is 4. The van der Waals surface area contributed by atoms with Gasteiger partial charge in [-0.05, 0) is 61.2 Å². The molecule has 1 atom stereocenters. The number of nitrogens with zero attached hydrogens (tertiary/aromatic N) is 6. The minimum absolute atomic E-state index is 0.0980. The number of hydrogen-bond acceptors (Lipinski definition) is 11.